The van der Waals surface area contributed by atoms with Gasteiger partial charge in [0.05, 0.1) is 10.6 Å². The fraction of sp³-hybridized carbons (Fsp3) is 0.133. The van der Waals surface area contributed by atoms with Crippen LogP contribution in [0.15, 0.2) is 46.2 Å². The van der Waals surface area contributed by atoms with E-state index in [1.165, 1.54) is 17.2 Å². The second-order valence-electron chi connectivity index (χ2n) is 4.32. The Morgan fingerprint density at radius 1 is 1.11 bits per heavy atom. The lowest BCUT2D eigenvalue weighted by atomic mass is 10.2. The van der Waals surface area contributed by atoms with E-state index in [1.54, 1.807) is 23.9 Å². The third kappa shape index (κ3) is 3.31. The highest BCUT2D eigenvalue weighted by Crippen LogP contribution is 2.35. The minimum Gasteiger partial charge on any atom is -0.478 e. The highest BCUT2D eigenvalue weighted by Gasteiger charge is 2.09. The van der Waals surface area contributed by atoms with Crippen molar-refractivity contribution in [3.63, 3.8) is 0 Å². The molecule has 0 fully saturated rings. The van der Waals surface area contributed by atoms with Crippen LogP contribution in [0, 0.1) is 13.8 Å². The molecule has 0 spiro atoms. The second kappa shape index (κ2) is 5.68. The quantitative estimate of drug-likeness (QED) is 0.882. The molecule has 0 bridgehead atoms. The lowest BCUT2D eigenvalue weighted by molar-refractivity contribution is 0.0697. The summed E-state index contributed by atoms with van der Waals surface area (Å²) in [5.41, 5.74) is 2.57. The number of carboxylic acid groups (broad SMARTS) is 1. The van der Waals surface area contributed by atoms with Gasteiger partial charge in [0, 0.05) is 9.79 Å². The Bertz CT molecular complexity index is 638. The van der Waals surface area contributed by atoms with Gasteiger partial charge >= 0.3 is 5.97 Å². The lowest BCUT2D eigenvalue weighted by Crippen LogP contribution is -1.95. The lowest BCUT2D eigenvalue weighted by Gasteiger charge is -2.08. The molecule has 0 saturated carbocycles. The van der Waals surface area contributed by atoms with Gasteiger partial charge in [-0.25, -0.2) is 4.79 Å². The molecule has 0 aliphatic carbocycles. The molecule has 0 aliphatic rings. The van der Waals surface area contributed by atoms with Crippen LogP contribution in [0.25, 0.3) is 0 Å². The van der Waals surface area contributed by atoms with Crippen molar-refractivity contribution in [2.45, 2.75) is 23.6 Å². The molecular weight excluding hydrogens is 280 g/mol. The number of hydrogen-bond acceptors (Lipinski definition) is 2. The van der Waals surface area contributed by atoms with Gasteiger partial charge in [-0.3, -0.25) is 0 Å². The maximum Gasteiger partial charge on any atom is 0.335 e. The Labute approximate surface area is 121 Å². The van der Waals surface area contributed by atoms with Crippen molar-refractivity contribution in [1.29, 1.82) is 0 Å². The number of aromatic carboxylic acids is 1. The fourth-order valence-corrected chi connectivity index (χ4v) is 2.95. The number of halogens is 1. The molecule has 1 N–H and O–H groups in total. The first-order chi connectivity index (χ1) is 8.97. The van der Waals surface area contributed by atoms with Crippen molar-refractivity contribution in [3.8, 4) is 0 Å². The molecule has 0 heterocycles. The largest absolute Gasteiger partial charge is 0.478 e. The van der Waals surface area contributed by atoms with E-state index in [9.17, 15) is 4.79 Å². The molecule has 0 unspecified atom stereocenters. The Hall–Kier alpha value is -1.45. The summed E-state index contributed by atoms with van der Waals surface area (Å²) in [6.07, 6.45) is 0. The number of carbonyl (C=O) groups is 1. The number of hydrogen-bond donors (Lipinski definition) is 1. The van der Waals surface area contributed by atoms with Gasteiger partial charge in [-0.05, 0) is 49.2 Å². The molecule has 2 nitrogen and oxygen atoms in total. The SMILES string of the molecule is Cc1ccc(C)c(Sc2ccc(C(=O)O)cc2Cl)c1. The average molecular weight is 293 g/mol. The highest BCUT2D eigenvalue weighted by molar-refractivity contribution is 7.99. The molecule has 0 aromatic heterocycles. The van der Waals surface area contributed by atoms with Gasteiger partial charge in [0.1, 0.15) is 0 Å². The summed E-state index contributed by atoms with van der Waals surface area (Å²) in [4.78, 5) is 12.8. The van der Waals surface area contributed by atoms with E-state index >= 15 is 0 Å². The summed E-state index contributed by atoms with van der Waals surface area (Å²) < 4.78 is 0. The zero-order valence-electron chi connectivity index (χ0n) is 10.6. The summed E-state index contributed by atoms with van der Waals surface area (Å²) in [7, 11) is 0. The second-order valence-corrected chi connectivity index (χ2v) is 5.81. The van der Waals surface area contributed by atoms with Gasteiger partial charge in [-0.1, -0.05) is 35.5 Å². The van der Waals surface area contributed by atoms with Gasteiger partial charge in [0.25, 0.3) is 0 Å². The normalized spacial score (nSPS) is 10.5. The van der Waals surface area contributed by atoms with Gasteiger partial charge in [-0.2, -0.15) is 0 Å². The summed E-state index contributed by atoms with van der Waals surface area (Å²) in [5.74, 6) is -0.967. The molecule has 98 valence electrons. The van der Waals surface area contributed by atoms with E-state index in [4.69, 9.17) is 16.7 Å². The Balaban J connectivity index is 2.33. The van der Waals surface area contributed by atoms with Crippen molar-refractivity contribution < 1.29 is 9.90 Å². The molecule has 0 atom stereocenters. The predicted octanol–water partition coefficient (Wildman–Crippen LogP) is 4.81. The summed E-state index contributed by atoms with van der Waals surface area (Å²) in [5, 5.41) is 9.37. The van der Waals surface area contributed by atoms with E-state index in [0.29, 0.717) is 5.02 Å². The number of carboxylic acids is 1. The molecule has 0 amide bonds. The fourth-order valence-electron chi connectivity index (χ4n) is 1.65. The van der Waals surface area contributed by atoms with E-state index in [2.05, 4.69) is 18.2 Å². The van der Waals surface area contributed by atoms with E-state index in [1.807, 2.05) is 13.8 Å². The van der Waals surface area contributed by atoms with Crippen LogP contribution < -0.4 is 0 Å². The van der Waals surface area contributed by atoms with Gasteiger partial charge < -0.3 is 5.11 Å². The van der Waals surface area contributed by atoms with Crippen molar-refractivity contribution in [2.75, 3.05) is 0 Å². The van der Waals surface area contributed by atoms with Gasteiger partial charge in [-0.15, -0.1) is 0 Å². The maximum absolute atomic E-state index is 10.9. The highest BCUT2D eigenvalue weighted by atomic mass is 35.5. The number of aryl methyl sites for hydroxylation is 2. The molecule has 0 aliphatic heterocycles. The smallest absolute Gasteiger partial charge is 0.335 e. The molecule has 0 saturated heterocycles. The van der Waals surface area contributed by atoms with Gasteiger partial charge in [0.15, 0.2) is 0 Å². The summed E-state index contributed by atoms with van der Waals surface area (Å²) in [6, 6.07) is 11.0. The van der Waals surface area contributed by atoms with Crippen molar-refractivity contribution in [2.24, 2.45) is 0 Å². The van der Waals surface area contributed by atoms with E-state index in [-0.39, 0.29) is 5.56 Å². The Morgan fingerprint density at radius 2 is 1.84 bits per heavy atom. The first kappa shape index (κ1) is 14.0. The maximum atomic E-state index is 10.9. The molecule has 2 aromatic carbocycles. The topological polar surface area (TPSA) is 37.3 Å². The van der Waals surface area contributed by atoms with Crippen molar-refractivity contribution in [1.82, 2.24) is 0 Å². The van der Waals surface area contributed by atoms with Crippen LogP contribution in [0.1, 0.15) is 21.5 Å². The number of benzene rings is 2. The van der Waals surface area contributed by atoms with Crippen LogP contribution >= 0.6 is 23.4 Å². The van der Waals surface area contributed by atoms with Crippen molar-refractivity contribution >= 4 is 29.3 Å². The van der Waals surface area contributed by atoms with Crippen molar-refractivity contribution in [3.05, 3.63) is 58.1 Å². The minimum absolute atomic E-state index is 0.204. The zero-order valence-corrected chi connectivity index (χ0v) is 12.2. The average Bonchev–Trinajstić information content (AvgIpc) is 2.36. The molecule has 0 radical (unpaired) electrons. The first-order valence-corrected chi connectivity index (χ1v) is 6.95. The summed E-state index contributed by atoms with van der Waals surface area (Å²) in [6.45, 7) is 4.08. The number of rotatable bonds is 3. The van der Waals surface area contributed by atoms with E-state index < -0.39 is 5.97 Å². The standard InChI is InChI=1S/C15H13ClO2S/c1-9-3-4-10(2)14(7-9)19-13-6-5-11(15(17)18)8-12(13)16/h3-8H,1-2H3,(H,17,18). The molecular formula is C15H13ClO2S. The van der Waals surface area contributed by atoms with Gasteiger partial charge in [0.2, 0.25) is 0 Å². The third-order valence-corrected chi connectivity index (χ3v) is 4.40. The van der Waals surface area contributed by atoms with E-state index in [0.717, 1.165) is 9.79 Å². The van der Waals surface area contributed by atoms with Crippen LogP contribution in [0.3, 0.4) is 0 Å². The van der Waals surface area contributed by atoms with Crippen LogP contribution in [0.5, 0.6) is 0 Å². The Kier molecular flexibility index (Phi) is 4.17. The third-order valence-electron chi connectivity index (χ3n) is 2.74. The Morgan fingerprint density at radius 3 is 2.47 bits per heavy atom. The summed E-state index contributed by atoms with van der Waals surface area (Å²) >= 11 is 7.68. The predicted molar refractivity (Wildman–Crippen MR) is 78.5 cm³/mol. The first-order valence-electron chi connectivity index (χ1n) is 5.75. The molecule has 2 aromatic rings. The van der Waals surface area contributed by atoms with Crippen LogP contribution in [-0.4, -0.2) is 11.1 Å². The van der Waals surface area contributed by atoms with Crippen LogP contribution in [0.4, 0.5) is 0 Å². The van der Waals surface area contributed by atoms with Crippen LogP contribution in [0.2, 0.25) is 5.02 Å². The zero-order chi connectivity index (χ0) is 14.0. The molecule has 19 heavy (non-hydrogen) atoms. The molecule has 4 heteroatoms. The molecule has 2 rings (SSSR count). The monoisotopic (exact) mass is 292 g/mol. The van der Waals surface area contributed by atoms with Crippen LogP contribution in [-0.2, 0) is 0 Å². The minimum atomic E-state index is -0.967.